The van der Waals surface area contributed by atoms with Crippen molar-refractivity contribution >= 4 is 41.5 Å². The fraction of sp³-hybridized carbons (Fsp3) is 0.143. The van der Waals surface area contributed by atoms with E-state index in [4.69, 9.17) is 0 Å². The lowest BCUT2D eigenvalue weighted by Crippen LogP contribution is -2.16. The molecule has 2 aromatic carbocycles. The second-order valence-electron chi connectivity index (χ2n) is 5.05. The number of aryl methyl sites for hydroxylation is 1. The van der Waals surface area contributed by atoms with Crippen LogP contribution in [0.1, 0.15) is 5.56 Å². The molecule has 0 fully saturated rings. The van der Waals surface area contributed by atoms with E-state index >= 15 is 0 Å². The number of nitrogens with one attached hydrogen (secondary N) is 1. The maximum Gasteiger partial charge on any atom is 0.265 e. The average molecular weight is 440 g/mol. The molecule has 0 bridgehead atoms. The van der Waals surface area contributed by atoms with E-state index in [1.54, 1.807) is 6.92 Å². The minimum atomic E-state index is -4.41. The van der Waals surface area contributed by atoms with E-state index in [1.807, 2.05) is 0 Å². The van der Waals surface area contributed by atoms with Crippen molar-refractivity contribution in [2.75, 3.05) is 11.0 Å². The lowest BCUT2D eigenvalue weighted by Gasteiger charge is -2.13. The van der Waals surface area contributed by atoms with Gasteiger partial charge in [-0.1, -0.05) is 6.07 Å². The zero-order valence-electron chi connectivity index (χ0n) is 12.5. The molecule has 0 aliphatic rings. The van der Waals surface area contributed by atoms with Crippen LogP contribution in [0.4, 0.5) is 14.5 Å². The molecule has 0 saturated heterocycles. The van der Waals surface area contributed by atoms with Crippen molar-refractivity contribution in [1.29, 1.82) is 0 Å². The summed E-state index contributed by atoms with van der Waals surface area (Å²) >= 11 is 2.82. The van der Waals surface area contributed by atoms with Gasteiger partial charge in [0, 0.05) is 16.8 Å². The normalized spacial score (nSPS) is 12.2. The molecular weight excluding hydrogens is 428 g/mol. The number of halogens is 3. The van der Waals surface area contributed by atoms with Gasteiger partial charge in [0.2, 0.25) is 0 Å². The minimum absolute atomic E-state index is 0.0199. The predicted molar refractivity (Wildman–Crippen MR) is 89.2 cm³/mol. The van der Waals surface area contributed by atoms with Crippen molar-refractivity contribution < 1.29 is 25.6 Å². The number of hydrogen-bond acceptors (Lipinski definition) is 4. The van der Waals surface area contributed by atoms with Gasteiger partial charge in [-0.2, -0.15) is 0 Å². The van der Waals surface area contributed by atoms with Crippen LogP contribution in [0, 0.1) is 18.6 Å². The van der Waals surface area contributed by atoms with Crippen LogP contribution in [0.5, 0.6) is 0 Å². The van der Waals surface area contributed by atoms with Gasteiger partial charge in [0.25, 0.3) is 10.0 Å². The van der Waals surface area contributed by atoms with Crippen LogP contribution >= 0.6 is 15.9 Å². The molecule has 130 valence electrons. The van der Waals surface area contributed by atoms with Crippen molar-refractivity contribution in [2.24, 2.45) is 0 Å². The summed E-state index contributed by atoms with van der Waals surface area (Å²) in [6.45, 7) is 1.56. The molecule has 0 heterocycles. The summed E-state index contributed by atoms with van der Waals surface area (Å²) in [6.07, 6.45) is 0.978. The Morgan fingerprint density at radius 1 is 1.04 bits per heavy atom. The van der Waals surface area contributed by atoms with Crippen molar-refractivity contribution in [3.05, 3.63) is 52.0 Å². The van der Waals surface area contributed by atoms with Gasteiger partial charge in [-0.3, -0.25) is 4.72 Å². The summed E-state index contributed by atoms with van der Waals surface area (Å²) in [5.41, 5.74) is 0.415. The summed E-state index contributed by atoms with van der Waals surface area (Å²) in [5, 5.41) is 0. The first kappa shape index (κ1) is 18.8. The van der Waals surface area contributed by atoms with Crippen LogP contribution in [0.15, 0.2) is 44.6 Å². The van der Waals surface area contributed by atoms with Gasteiger partial charge < -0.3 is 0 Å². The largest absolute Gasteiger partial charge is 0.279 e. The fourth-order valence-electron chi connectivity index (χ4n) is 1.92. The van der Waals surface area contributed by atoms with Crippen molar-refractivity contribution in [3.8, 4) is 0 Å². The van der Waals surface area contributed by atoms with Crippen molar-refractivity contribution in [1.82, 2.24) is 0 Å². The number of anilines is 1. The Morgan fingerprint density at radius 2 is 1.67 bits per heavy atom. The number of rotatable bonds is 4. The lowest BCUT2D eigenvalue weighted by molar-refractivity contribution is 0.548. The zero-order chi connectivity index (χ0) is 18.3. The number of sulfone groups is 1. The molecule has 0 atom stereocenters. The highest BCUT2D eigenvalue weighted by atomic mass is 79.9. The Hall–Kier alpha value is -1.52. The summed E-state index contributed by atoms with van der Waals surface area (Å²) in [5.74, 6) is -2.21. The Kier molecular flexibility index (Phi) is 5.03. The van der Waals surface area contributed by atoms with E-state index in [2.05, 4.69) is 20.7 Å². The molecule has 5 nitrogen and oxygen atoms in total. The number of benzene rings is 2. The zero-order valence-corrected chi connectivity index (χ0v) is 15.7. The van der Waals surface area contributed by atoms with Crippen molar-refractivity contribution in [2.45, 2.75) is 16.7 Å². The molecule has 0 unspecified atom stereocenters. The van der Waals surface area contributed by atoms with Gasteiger partial charge in [0.05, 0.1) is 10.6 Å². The van der Waals surface area contributed by atoms with Crippen LogP contribution in [-0.2, 0) is 19.9 Å². The smallest absolute Gasteiger partial charge is 0.265 e. The topological polar surface area (TPSA) is 80.3 Å². The van der Waals surface area contributed by atoms with Gasteiger partial charge in [-0.05, 0) is 46.6 Å². The van der Waals surface area contributed by atoms with Crippen LogP contribution < -0.4 is 4.72 Å². The molecule has 0 saturated carbocycles. The van der Waals surface area contributed by atoms with Gasteiger partial charge >= 0.3 is 0 Å². The van der Waals surface area contributed by atoms with E-state index in [0.29, 0.717) is 11.6 Å². The molecule has 0 amide bonds. The van der Waals surface area contributed by atoms with E-state index < -0.39 is 36.4 Å². The summed E-state index contributed by atoms with van der Waals surface area (Å²) in [6, 6.07) is 5.15. The molecule has 2 aromatic rings. The molecule has 1 N–H and O–H groups in total. The Bertz CT molecular complexity index is 998. The molecule has 0 aromatic heterocycles. The highest BCUT2D eigenvalue weighted by molar-refractivity contribution is 9.10. The van der Waals surface area contributed by atoms with Crippen LogP contribution in [-0.4, -0.2) is 23.1 Å². The Labute approximate surface area is 146 Å². The Morgan fingerprint density at radius 3 is 2.21 bits per heavy atom. The Balaban J connectivity index is 2.55. The monoisotopic (exact) mass is 439 g/mol. The molecule has 24 heavy (non-hydrogen) atoms. The third-order valence-corrected chi connectivity index (χ3v) is 6.55. The number of sulfonamides is 1. The van der Waals surface area contributed by atoms with E-state index in [0.717, 1.165) is 18.4 Å². The third-order valence-electron chi connectivity index (χ3n) is 3.11. The highest BCUT2D eigenvalue weighted by Crippen LogP contribution is 2.29. The fourth-order valence-corrected chi connectivity index (χ4v) is 4.86. The standard InChI is InChI=1S/C14H12BrF2NO4S2/c1-8-3-4-10(23(2,19)20)7-13(8)18-24(21,22)14-11(15)5-9(16)6-12(14)17/h3-7,18H,1-2H3. The molecule has 10 heteroatoms. The van der Waals surface area contributed by atoms with Crippen LogP contribution in [0.3, 0.4) is 0 Å². The molecule has 0 spiro atoms. The van der Waals surface area contributed by atoms with E-state index in [1.165, 1.54) is 12.1 Å². The average Bonchev–Trinajstić information content (AvgIpc) is 2.37. The first-order chi connectivity index (χ1) is 10.9. The molecular formula is C14H12BrF2NO4S2. The number of hydrogen-bond donors (Lipinski definition) is 1. The molecule has 0 aliphatic heterocycles. The second kappa shape index (κ2) is 6.41. The van der Waals surface area contributed by atoms with E-state index in [-0.39, 0.29) is 15.1 Å². The lowest BCUT2D eigenvalue weighted by atomic mass is 10.2. The van der Waals surface area contributed by atoms with Crippen LogP contribution in [0.25, 0.3) is 0 Å². The van der Waals surface area contributed by atoms with E-state index in [9.17, 15) is 25.6 Å². The predicted octanol–water partition coefficient (Wildman–Crippen LogP) is 3.24. The molecule has 0 radical (unpaired) electrons. The van der Waals surface area contributed by atoms with Gasteiger partial charge in [-0.15, -0.1) is 0 Å². The molecule has 0 aliphatic carbocycles. The van der Waals surface area contributed by atoms with Gasteiger partial charge in [0.15, 0.2) is 9.84 Å². The molecule has 2 rings (SSSR count). The second-order valence-corrected chi connectivity index (χ2v) is 9.54. The van der Waals surface area contributed by atoms with Gasteiger partial charge in [0.1, 0.15) is 16.5 Å². The maximum absolute atomic E-state index is 13.9. The SMILES string of the molecule is Cc1ccc(S(C)(=O)=O)cc1NS(=O)(=O)c1c(F)cc(F)cc1Br. The highest BCUT2D eigenvalue weighted by Gasteiger charge is 2.25. The van der Waals surface area contributed by atoms with Crippen LogP contribution in [0.2, 0.25) is 0 Å². The first-order valence-corrected chi connectivity index (χ1v) is 10.6. The third kappa shape index (κ3) is 3.93. The van der Waals surface area contributed by atoms with Gasteiger partial charge in [-0.25, -0.2) is 25.6 Å². The summed E-state index contributed by atoms with van der Waals surface area (Å²) in [7, 11) is -7.96. The first-order valence-electron chi connectivity index (χ1n) is 6.40. The summed E-state index contributed by atoms with van der Waals surface area (Å²) < 4.78 is 76.9. The summed E-state index contributed by atoms with van der Waals surface area (Å²) in [4.78, 5) is -0.863. The maximum atomic E-state index is 13.9. The minimum Gasteiger partial charge on any atom is -0.279 e. The quantitative estimate of drug-likeness (QED) is 0.792. The van der Waals surface area contributed by atoms with Crippen molar-refractivity contribution in [3.63, 3.8) is 0 Å².